The van der Waals surface area contributed by atoms with Crippen LogP contribution < -0.4 is 44.7 Å². The van der Waals surface area contributed by atoms with Crippen molar-refractivity contribution >= 4 is 28.0 Å². The second-order valence-electron chi connectivity index (χ2n) is 8.88. The molecule has 2 fully saturated rings. The summed E-state index contributed by atoms with van der Waals surface area (Å²) in [6.45, 7) is 1.49. The van der Waals surface area contributed by atoms with Crippen molar-refractivity contribution in [3.05, 3.63) is 60.2 Å². The van der Waals surface area contributed by atoms with Crippen LogP contribution in [0.4, 0.5) is 4.79 Å². The molecule has 12 heteroatoms. The molecule has 10 nitrogen and oxygen atoms in total. The molecular weight excluding hydrogens is 509 g/mol. The minimum atomic E-state index is -3.90. The van der Waals surface area contributed by atoms with Crippen molar-refractivity contribution in [3.8, 4) is 5.75 Å². The number of aliphatic carboxylic acids is 1. The molecule has 2 aromatic carbocycles. The largest absolute Gasteiger partial charge is 1.00 e. The Hall–Kier alpha value is -2.44. The Morgan fingerprint density at radius 3 is 2.24 bits per heavy atom. The van der Waals surface area contributed by atoms with E-state index in [0.717, 1.165) is 17.1 Å². The third kappa shape index (κ3) is 7.11. The first-order valence-electron chi connectivity index (χ1n) is 11.9. The zero-order valence-corrected chi connectivity index (χ0v) is 23.5. The summed E-state index contributed by atoms with van der Waals surface area (Å²) in [6, 6.07) is 11.8. The summed E-state index contributed by atoms with van der Waals surface area (Å²) in [4.78, 5) is 38.6. The van der Waals surface area contributed by atoms with E-state index in [-0.39, 0.29) is 53.8 Å². The van der Waals surface area contributed by atoms with Crippen LogP contribution in [-0.2, 0) is 26.0 Å². The molecule has 0 radical (unpaired) electrons. The Kier molecular flexibility index (Phi) is 10.1. The van der Waals surface area contributed by atoms with Gasteiger partial charge in [-0.25, -0.2) is 13.2 Å². The molecule has 4 rings (SSSR count). The monoisotopic (exact) mass is 537 g/mol. The molecule has 2 aliphatic rings. The van der Waals surface area contributed by atoms with E-state index in [1.165, 1.54) is 12.1 Å². The average Bonchev–Trinajstić information content (AvgIpc) is 3.58. The van der Waals surface area contributed by atoms with E-state index in [4.69, 9.17) is 4.74 Å². The first-order valence-corrected chi connectivity index (χ1v) is 13.3. The summed E-state index contributed by atoms with van der Waals surface area (Å²) in [5.74, 6) is -1.84. The molecule has 2 aliphatic heterocycles. The second kappa shape index (κ2) is 12.9. The molecule has 0 bridgehead atoms. The summed E-state index contributed by atoms with van der Waals surface area (Å²) in [7, 11) is -3.90. The van der Waals surface area contributed by atoms with Gasteiger partial charge in [-0.3, -0.25) is 4.79 Å². The second-order valence-corrected chi connectivity index (χ2v) is 10.8. The average molecular weight is 538 g/mol. The van der Waals surface area contributed by atoms with Gasteiger partial charge in [0.25, 0.3) is 0 Å². The normalized spacial score (nSPS) is 18.6. The molecular formula is C25H28N3NaO7S. The van der Waals surface area contributed by atoms with Gasteiger partial charge in [0.2, 0.25) is 15.9 Å². The Morgan fingerprint density at radius 1 is 0.973 bits per heavy atom. The number of ether oxygens (including phenoxy) is 1. The number of hydrogen-bond donors (Lipinski definition) is 1. The maximum Gasteiger partial charge on any atom is 1.00 e. The van der Waals surface area contributed by atoms with Gasteiger partial charge in [-0.05, 0) is 61.9 Å². The van der Waals surface area contributed by atoms with Gasteiger partial charge in [0.15, 0.2) is 0 Å². The minimum Gasteiger partial charge on any atom is -0.548 e. The molecule has 2 amide bonds. The number of nitrogens with zero attached hydrogens (tertiary/aromatic N) is 2. The van der Waals surface area contributed by atoms with Gasteiger partial charge < -0.3 is 24.9 Å². The van der Waals surface area contributed by atoms with Crippen LogP contribution in [-0.4, -0.2) is 67.3 Å². The van der Waals surface area contributed by atoms with Crippen molar-refractivity contribution in [3.63, 3.8) is 0 Å². The number of likely N-dealkylation sites (tertiary alicyclic amines) is 1. The van der Waals surface area contributed by atoms with E-state index >= 15 is 0 Å². The predicted molar refractivity (Wildman–Crippen MR) is 127 cm³/mol. The summed E-state index contributed by atoms with van der Waals surface area (Å²) >= 11 is 0. The number of hydrogen-bond acceptors (Lipinski definition) is 7. The first kappa shape index (κ1) is 29.1. The molecule has 2 saturated heterocycles. The number of sulfonamides is 1. The molecule has 2 aromatic rings. The van der Waals surface area contributed by atoms with Crippen LogP contribution in [0.3, 0.4) is 0 Å². The summed E-state index contributed by atoms with van der Waals surface area (Å²) in [5.41, 5.74) is 0.575. The Balaban J connectivity index is 0.00000380. The molecule has 2 atom stereocenters. The maximum absolute atomic E-state index is 13.0. The van der Waals surface area contributed by atoms with Gasteiger partial charge in [-0.2, -0.15) is 4.31 Å². The Bertz CT molecular complexity index is 1200. The number of benzene rings is 2. The molecule has 0 aliphatic carbocycles. The van der Waals surface area contributed by atoms with E-state index in [0.29, 0.717) is 30.8 Å². The minimum absolute atomic E-state index is 0. The molecule has 192 valence electrons. The van der Waals surface area contributed by atoms with Crippen molar-refractivity contribution in [1.82, 2.24) is 14.5 Å². The molecule has 0 unspecified atom stereocenters. The SMILES string of the molecule is O=C([O-])[C@H](Cc1ccc(OC(=O)N2CCCC2)cc1)NC(=O)[C@@H]1CCCN1S(=O)(=O)c1ccccc1.[Na+]. The molecule has 37 heavy (non-hydrogen) atoms. The smallest absolute Gasteiger partial charge is 0.548 e. The number of carboxylic acid groups (broad SMARTS) is 1. The number of nitrogens with one attached hydrogen (secondary N) is 1. The standard InChI is InChI=1S/C25H29N3O7S.Na/c29-23(22-9-6-16-28(22)36(33,34)20-7-2-1-3-8-20)26-21(24(30)31)17-18-10-12-19(13-11-18)35-25(32)27-14-4-5-15-27;/h1-3,7-8,10-13,21-22H,4-6,9,14-17H2,(H,26,29)(H,30,31);/q;+1/p-1/t21-,22-;/m0./s1. The summed E-state index contributed by atoms with van der Waals surface area (Å²) in [5, 5.41) is 14.2. The molecule has 2 heterocycles. The van der Waals surface area contributed by atoms with Crippen molar-refractivity contribution in [2.75, 3.05) is 19.6 Å². The number of carbonyl (C=O) groups excluding carboxylic acids is 3. The number of carboxylic acids is 1. The number of rotatable bonds is 8. The predicted octanol–water partition coefficient (Wildman–Crippen LogP) is -2.08. The number of carbonyl (C=O) groups is 3. The Labute approximate surface area is 238 Å². The zero-order chi connectivity index (χ0) is 25.7. The van der Waals surface area contributed by atoms with E-state index in [9.17, 15) is 27.9 Å². The van der Waals surface area contributed by atoms with Crippen molar-refractivity contribution in [1.29, 1.82) is 0 Å². The van der Waals surface area contributed by atoms with Gasteiger partial charge in [0.1, 0.15) is 11.8 Å². The van der Waals surface area contributed by atoms with Crippen molar-refractivity contribution in [2.24, 2.45) is 0 Å². The maximum atomic E-state index is 13.0. The summed E-state index contributed by atoms with van der Waals surface area (Å²) in [6.07, 6.45) is 2.16. The third-order valence-electron chi connectivity index (χ3n) is 6.39. The van der Waals surface area contributed by atoms with E-state index in [1.807, 2.05) is 0 Å². The van der Waals surface area contributed by atoms with Crippen LogP contribution in [0, 0.1) is 0 Å². The van der Waals surface area contributed by atoms with Gasteiger partial charge in [-0.15, -0.1) is 0 Å². The van der Waals surface area contributed by atoms with Crippen LogP contribution in [0.5, 0.6) is 5.75 Å². The molecule has 1 N–H and O–H groups in total. The fourth-order valence-corrected chi connectivity index (χ4v) is 6.15. The fraction of sp³-hybridized carbons (Fsp3) is 0.400. The number of amides is 2. The van der Waals surface area contributed by atoms with Crippen LogP contribution in [0.1, 0.15) is 31.2 Å². The van der Waals surface area contributed by atoms with E-state index in [1.54, 1.807) is 47.4 Å². The fourth-order valence-electron chi connectivity index (χ4n) is 4.47. The van der Waals surface area contributed by atoms with Crippen LogP contribution >= 0.6 is 0 Å². The van der Waals surface area contributed by atoms with Gasteiger partial charge in [0, 0.05) is 19.6 Å². The molecule has 0 aromatic heterocycles. The quantitative estimate of drug-likeness (QED) is 0.382. The van der Waals surface area contributed by atoms with Gasteiger partial charge in [0.05, 0.1) is 16.9 Å². The third-order valence-corrected chi connectivity index (χ3v) is 8.31. The summed E-state index contributed by atoms with van der Waals surface area (Å²) < 4.78 is 32.5. The van der Waals surface area contributed by atoms with Crippen LogP contribution in [0.25, 0.3) is 0 Å². The van der Waals surface area contributed by atoms with Crippen LogP contribution in [0.15, 0.2) is 59.5 Å². The topological polar surface area (TPSA) is 136 Å². The first-order chi connectivity index (χ1) is 17.3. The Morgan fingerprint density at radius 2 is 1.62 bits per heavy atom. The zero-order valence-electron chi connectivity index (χ0n) is 20.7. The van der Waals surface area contributed by atoms with Crippen molar-refractivity contribution in [2.45, 2.75) is 49.1 Å². The van der Waals surface area contributed by atoms with Crippen LogP contribution in [0.2, 0.25) is 0 Å². The van der Waals surface area contributed by atoms with E-state index in [2.05, 4.69) is 5.32 Å². The van der Waals surface area contributed by atoms with Gasteiger partial charge in [-0.1, -0.05) is 30.3 Å². The van der Waals surface area contributed by atoms with E-state index < -0.39 is 40.1 Å². The molecule has 0 saturated carbocycles. The van der Waals surface area contributed by atoms with Gasteiger partial charge >= 0.3 is 35.7 Å². The van der Waals surface area contributed by atoms with Crippen molar-refractivity contribution < 1.29 is 62.2 Å². The molecule has 0 spiro atoms.